The summed E-state index contributed by atoms with van der Waals surface area (Å²) < 4.78 is 0. The Kier molecular flexibility index (Phi) is 3.03. The van der Waals surface area contributed by atoms with E-state index in [9.17, 15) is 0 Å². The number of nitrogen functional groups attached to an aromatic ring is 1. The number of aromatic nitrogens is 1. The first kappa shape index (κ1) is 11.2. The van der Waals surface area contributed by atoms with E-state index in [2.05, 4.69) is 4.98 Å². The summed E-state index contributed by atoms with van der Waals surface area (Å²) in [6.45, 7) is 1.94. The highest BCUT2D eigenvalue weighted by molar-refractivity contribution is 6.43. The molecule has 2 rings (SSSR count). The topological polar surface area (TPSA) is 38.9 Å². The lowest BCUT2D eigenvalue weighted by Gasteiger charge is -2.08. The minimum absolute atomic E-state index is 0.518. The van der Waals surface area contributed by atoms with E-state index in [1.54, 1.807) is 12.3 Å². The standard InChI is InChI=1S/C12H10Cl2N2/c1-7-5-8(15)6-16-12(7)9-3-2-4-10(13)11(9)14/h2-6H,15H2,1H3. The molecule has 1 heterocycles. The van der Waals surface area contributed by atoms with Gasteiger partial charge in [0, 0.05) is 5.56 Å². The van der Waals surface area contributed by atoms with Gasteiger partial charge in [-0.2, -0.15) is 0 Å². The SMILES string of the molecule is Cc1cc(N)cnc1-c1cccc(Cl)c1Cl. The van der Waals surface area contributed by atoms with Crippen molar-refractivity contribution in [3.8, 4) is 11.3 Å². The maximum atomic E-state index is 6.14. The molecule has 16 heavy (non-hydrogen) atoms. The molecule has 0 amide bonds. The molecule has 1 aromatic heterocycles. The minimum Gasteiger partial charge on any atom is -0.397 e. The molecule has 0 spiro atoms. The van der Waals surface area contributed by atoms with Crippen LogP contribution in [0.2, 0.25) is 10.0 Å². The van der Waals surface area contributed by atoms with Crippen molar-refractivity contribution in [2.45, 2.75) is 6.92 Å². The average molecular weight is 253 g/mol. The highest BCUT2D eigenvalue weighted by Crippen LogP contribution is 2.34. The van der Waals surface area contributed by atoms with Gasteiger partial charge < -0.3 is 5.73 Å². The summed E-state index contributed by atoms with van der Waals surface area (Å²) in [6, 6.07) is 7.35. The molecule has 2 nitrogen and oxygen atoms in total. The summed E-state index contributed by atoms with van der Waals surface area (Å²) in [5, 5.41) is 1.04. The quantitative estimate of drug-likeness (QED) is 0.835. The lowest BCUT2D eigenvalue weighted by molar-refractivity contribution is 1.27. The molecule has 0 aliphatic heterocycles. The van der Waals surface area contributed by atoms with Crippen LogP contribution in [-0.2, 0) is 0 Å². The van der Waals surface area contributed by atoms with Gasteiger partial charge in [0.05, 0.1) is 27.6 Å². The van der Waals surface area contributed by atoms with E-state index in [4.69, 9.17) is 28.9 Å². The summed E-state index contributed by atoms with van der Waals surface area (Å²) >= 11 is 12.1. The fourth-order valence-corrected chi connectivity index (χ4v) is 1.96. The Morgan fingerprint density at radius 3 is 2.69 bits per heavy atom. The molecular formula is C12H10Cl2N2. The normalized spacial score (nSPS) is 10.4. The van der Waals surface area contributed by atoms with E-state index in [1.807, 2.05) is 25.1 Å². The third kappa shape index (κ3) is 1.99. The maximum Gasteiger partial charge on any atom is 0.0748 e. The van der Waals surface area contributed by atoms with Crippen LogP contribution in [-0.4, -0.2) is 4.98 Å². The zero-order valence-electron chi connectivity index (χ0n) is 8.67. The molecular weight excluding hydrogens is 243 g/mol. The molecule has 1 aromatic carbocycles. The van der Waals surface area contributed by atoms with E-state index in [0.717, 1.165) is 16.8 Å². The van der Waals surface area contributed by atoms with Crippen molar-refractivity contribution in [3.63, 3.8) is 0 Å². The summed E-state index contributed by atoms with van der Waals surface area (Å²) in [5.74, 6) is 0. The monoisotopic (exact) mass is 252 g/mol. The molecule has 0 unspecified atom stereocenters. The predicted octanol–water partition coefficient (Wildman–Crippen LogP) is 3.95. The number of hydrogen-bond donors (Lipinski definition) is 1. The number of nitrogens with zero attached hydrogens (tertiary/aromatic N) is 1. The Balaban J connectivity index is 2.63. The Morgan fingerprint density at radius 2 is 2.00 bits per heavy atom. The average Bonchev–Trinajstić information content (AvgIpc) is 2.23. The van der Waals surface area contributed by atoms with Gasteiger partial charge in [-0.1, -0.05) is 35.3 Å². The van der Waals surface area contributed by atoms with E-state index in [1.165, 1.54) is 0 Å². The van der Waals surface area contributed by atoms with Crippen LogP contribution in [0.1, 0.15) is 5.56 Å². The summed E-state index contributed by atoms with van der Waals surface area (Å²) in [6.07, 6.45) is 1.61. The second-order valence-corrected chi connectivity index (χ2v) is 4.32. The third-order valence-corrected chi connectivity index (χ3v) is 3.13. The van der Waals surface area contributed by atoms with Gasteiger partial charge in [0.2, 0.25) is 0 Å². The fourth-order valence-electron chi connectivity index (χ4n) is 1.57. The first-order chi connectivity index (χ1) is 7.59. The molecule has 2 N–H and O–H groups in total. The van der Waals surface area contributed by atoms with Crippen molar-refractivity contribution in [3.05, 3.63) is 46.1 Å². The van der Waals surface area contributed by atoms with Crippen molar-refractivity contribution >= 4 is 28.9 Å². The molecule has 0 aliphatic rings. The number of benzene rings is 1. The Bertz CT molecular complexity index is 539. The number of pyridine rings is 1. The van der Waals surface area contributed by atoms with Crippen LogP contribution >= 0.6 is 23.2 Å². The summed E-state index contributed by atoms with van der Waals surface area (Å²) in [5.41, 5.74) is 8.90. The van der Waals surface area contributed by atoms with Crippen molar-refractivity contribution in [1.29, 1.82) is 0 Å². The predicted molar refractivity (Wildman–Crippen MR) is 68.8 cm³/mol. The van der Waals surface area contributed by atoms with E-state index >= 15 is 0 Å². The van der Waals surface area contributed by atoms with Gasteiger partial charge in [0.15, 0.2) is 0 Å². The van der Waals surface area contributed by atoms with Crippen molar-refractivity contribution in [1.82, 2.24) is 4.98 Å². The molecule has 2 aromatic rings. The third-order valence-electron chi connectivity index (χ3n) is 2.31. The largest absolute Gasteiger partial charge is 0.397 e. The van der Waals surface area contributed by atoms with Crippen LogP contribution < -0.4 is 5.73 Å². The lowest BCUT2D eigenvalue weighted by atomic mass is 10.1. The van der Waals surface area contributed by atoms with Crippen LogP contribution in [0.5, 0.6) is 0 Å². The van der Waals surface area contributed by atoms with Gasteiger partial charge >= 0.3 is 0 Å². The van der Waals surface area contributed by atoms with Crippen LogP contribution in [0, 0.1) is 6.92 Å². The minimum atomic E-state index is 0.518. The second kappa shape index (κ2) is 4.32. The van der Waals surface area contributed by atoms with E-state index in [0.29, 0.717) is 15.7 Å². The van der Waals surface area contributed by atoms with Crippen LogP contribution in [0.15, 0.2) is 30.5 Å². The number of anilines is 1. The van der Waals surface area contributed by atoms with Crippen LogP contribution in [0.3, 0.4) is 0 Å². The molecule has 0 bridgehead atoms. The number of halogens is 2. The van der Waals surface area contributed by atoms with Crippen molar-refractivity contribution in [2.24, 2.45) is 0 Å². The van der Waals surface area contributed by atoms with E-state index in [-0.39, 0.29) is 0 Å². The molecule has 0 saturated heterocycles. The number of hydrogen-bond acceptors (Lipinski definition) is 2. The molecule has 0 radical (unpaired) electrons. The molecule has 82 valence electrons. The highest BCUT2D eigenvalue weighted by Gasteiger charge is 2.10. The Morgan fingerprint density at radius 1 is 1.25 bits per heavy atom. The molecule has 0 fully saturated rings. The Hall–Kier alpha value is -1.25. The first-order valence-electron chi connectivity index (χ1n) is 4.76. The van der Waals surface area contributed by atoms with Gasteiger partial charge in [-0.15, -0.1) is 0 Å². The zero-order valence-corrected chi connectivity index (χ0v) is 10.2. The van der Waals surface area contributed by atoms with Crippen LogP contribution in [0.25, 0.3) is 11.3 Å². The molecule has 0 atom stereocenters. The highest BCUT2D eigenvalue weighted by atomic mass is 35.5. The number of rotatable bonds is 1. The summed E-state index contributed by atoms with van der Waals surface area (Å²) in [7, 11) is 0. The lowest BCUT2D eigenvalue weighted by Crippen LogP contribution is -1.93. The van der Waals surface area contributed by atoms with Gasteiger partial charge in [-0.25, -0.2) is 0 Å². The van der Waals surface area contributed by atoms with Gasteiger partial charge in [-0.05, 0) is 24.6 Å². The first-order valence-corrected chi connectivity index (χ1v) is 5.51. The molecule has 0 saturated carbocycles. The maximum absolute atomic E-state index is 6.14. The smallest absolute Gasteiger partial charge is 0.0748 e. The van der Waals surface area contributed by atoms with Crippen molar-refractivity contribution in [2.75, 3.05) is 5.73 Å². The molecule has 0 aliphatic carbocycles. The van der Waals surface area contributed by atoms with Gasteiger partial charge in [0.1, 0.15) is 0 Å². The number of aryl methyl sites for hydroxylation is 1. The fraction of sp³-hybridized carbons (Fsp3) is 0.0833. The number of nitrogens with two attached hydrogens (primary N) is 1. The van der Waals surface area contributed by atoms with Crippen LogP contribution in [0.4, 0.5) is 5.69 Å². The van der Waals surface area contributed by atoms with Gasteiger partial charge in [-0.3, -0.25) is 4.98 Å². The molecule has 4 heteroatoms. The zero-order chi connectivity index (χ0) is 11.7. The van der Waals surface area contributed by atoms with E-state index < -0.39 is 0 Å². The van der Waals surface area contributed by atoms with Crippen molar-refractivity contribution < 1.29 is 0 Å². The second-order valence-electron chi connectivity index (χ2n) is 3.54. The Labute approximate surface area is 104 Å². The summed E-state index contributed by atoms with van der Waals surface area (Å²) in [4.78, 5) is 4.28. The van der Waals surface area contributed by atoms with Gasteiger partial charge in [0.25, 0.3) is 0 Å².